The number of halogens is 1. The fraction of sp³-hybridized carbons (Fsp3) is 0.296. The molecule has 3 rings (SSSR count). The lowest BCUT2D eigenvalue weighted by atomic mass is 9.94. The molecular formula is C27H29FO4S. The van der Waals surface area contributed by atoms with Crippen LogP contribution in [-0.4, -0.2) is 33.5 Å². The number of hydrogen-bond acceptors (Lipinski definition) is 4. The average Bonchev–Trinajstić information content (AvgIpc) is 3.12. The van der Waals surface area contributed by atoms with Gasteiger partial charge < -0.3 is 15.3 Å². The molecule has 0 aliphatic carbocycles. The third-order valence-corrected chi connectivity index (χ3v) is 6.91. The van der Waals surface area contributed by atoms with E-state index in [2.05, 4.69) is 38.1 Å². The molecule has 0 unspecified atom stereocenters. The Morgan fingerprint density at radius 2 is 1.64 bits per heavy atom. The van der Waals surface area contributed by atoms with Crippen LogP contribution in [0.1, 0.15) is 48.6 Å². The summed E-state index contributed by atoms with van der Waals surface area (Å²) in [5.74, 6) is -1.21. The highest BCUT2D eigenvalue weighted by Gasteiger charge is 2.22. The van der Waals surface area contributed by atoms with Crippen molar-refractivity contribution in [3.05, 3.63) is 76.4 Å². The van der Waals surface area contributed by atoms with Crippen LogP contribution in [0.4, 0.5) is 4.39 Å². The fourth-order valence-corrected chi connectivity index (χ4v) is 5.04. The summed E-state index contributed by atoms with van der Waals surface area (Å²) in [7, 11) is 0. The highest BCUT2D eigenvalue weighted by molar-refractivity contribution is 7.16. The number of hydrogen-bond donors (Lipinski definition) is 3. The molecule has 3 aromatic rings. The summed E-state index contributed by atoms with van der Waals surface area (Å²) in [6, 6.07) is 14.6. The monoisotopic (exact) mass is 468 g/mol. The Morgan fingerprint density at radius 3 is 2.21 bits per heavy atom. The average molecular weight is 469 g/mol. The first kappa shape index (κ1) is 24.8. The molecule has 6 heteroatoms. The van der Waals surface area contributed by atoms with Gasteiger partial charge in [-0.1, -0.05) is 68.0 Å². The molecule has 3 N–H and O–H groups in total. The Balaban J connectivity index is 2.10. The zero-order valence-electron chi connectivity index (χ0n) is 19.0. The van der Waals surface area contributed by atoms with Crippen LogP contribution in [0.2, 0.25) is 0 Å². The molecule has 2 atom stereocenters. The van der Waals surface area contributed by atoms with Crippen molar-refractivity contribution in [1.82, 2.24) is 0 Å². The van der Waals surface area contributed by atoms with Gasteiger partial charge in [-0.15, -0.1) is 11.3 Å². The number of benzene rings is 2. The van der Waals surface area contributed by atoms with Gasteiger partial charge in [0.25, 0.3) is 0 Å². The Hall–Kier alpha value is -2.80. The molecule has 0 saturated carbocycles. The number of aliphatic carboxylic acids is 1. The molecular weight excluding hydrogens is 439 g/mol. The Bertz CT molecular complexity index is 1110. The summed E-state index contributed by atoms with van der Waals surface area (Å²) in [5, 5.41) is 29.1. The molecule has 33 heavy (non-hydrogen) atoms. The maximum absolute atomic E-state index is 13.7. The van der Waals surface area contributed by atoms with Gasteiger partial charge >= 0.3 is 5.97 Å². The van der Waals surface area contributed by atoms with Crippen LogP contribution in [0.5, 0.6) is 0 Å². The smallest absolute Gasteiger partial charge is 0.305 e. The van der Waals surface area contributed by atoms with Gasteiger partial charge in [0.2, 0.25) is 0 Å². The number of rotatable bonds is 9. The van der Waals surface area contributed by atoms with Crippen LogP contribution in [0.15, 0.2) is 54.6 Å². The van der Waals surface area contributed by atoms with Crippen molar-refractivity contribution in [3.8, 4) is 21.6 Å². The second kappa shape index (κ2) is 10.9. The van der Waals surface area contributed by atoms with Gasteiger partial charge in [0, 0.05) is 21.7 Å². The van der Waals surface area contributed by atoms with Gasteiger partial charge in [-0.25, -0.2) is 4.39 Å². The van der Waals surface area contributed by atoms with Crippen LogP contribution in [0.3, 0.4) is 0 Å². The van der Waals surface area contributed by atoms with Crippen LogP contribution in [-0.2, 0) is 4.79 Å². The maximum Gasteiger partial charge on any atom is 0.305 e. The van der Waals surface area contributed by atoms with E-state index < -0.39 is 24.6 Å². The lowest BCUT2D eigenvalue weighted by molar-refractivity contribution is -0.139. The number of carbonyl (C=O) groups is 1. The predicted molar refractivity (Wildman–Crippen MR) is 132 cm³/mol. The third-order valence-electron chi connectivity index (χ3n) is 5.35. The van der Waals surface area contributed by atoms with E-state index in [-0.39, 0.29) is 18.2 Å². The standard InChI is InChI=1S/C27H29FO4S/c1-16(2)26-23(13-12-21(29)14-22(30)15-24(31)32)25(18-8-10-20(28)11-9-18)27(33-26)19-6-4-17(3)5-7-19/h4-13,16,21-22,29-30H,14-15H2,1-3H3,(H,31,32)/b13-12+/t21-,22-/m1/s1. The quantitative estimate of drug-likeness (QED) is 0.347. The molecule has 0 aliphatic heterocycles. The van der Waals surface area contributed by atoms with E-state index in [0.717, 1.165) is 37.6 Å². The van der Waals surface area contributed by atoms with Crippen molar-refractivity contribution in [2.24, 2.45) is 0 Å². The normalized spacial score (nSPS) is 13.5. The highest BCUT2D eigenvalue weighted by atomic mass is 32.1. The molecule has 0 fully saturated rings. The van der Waals surface area contributed by atoms with Crippen molar-refractivity contribution in [2.75, 3.05) is 0 Å². The number of aliphatic hydroxyl groups is 2. The van der Waals surface area contributed by atoms with Crippen LogP contribution < -0.4 is 0 Å². The van der Waals surface area contributed by atoms with Gasteiger partial charge in [0.1, 0.15) is 5.82 Å². The molecule has 1 aromatic heterocycles. The second-order valence-corrected chi connectivity index (χ2v) is 9.58. The molecule has 0 amide bonds. The van der Waals surface area contributed by atoms with E-state index in [0.29, 0.717) is 0 Å². The summed E-state index contributed by atoms with van der Waals surface area (Å²) >= 11 is 1.67. The molecule has 1 heterocycles. The van der Waals surface area contributed by atoms with Crippen molar-refractivity contribution >= 4 is 23.4 Å². The molecule has 0 aliphatic rings. The number of thiophene rings is 1. The minimum absolute atomic E-state index is 0.0688. The van der Waals surface area contributed by atoms with E-state index in [1.165, 1.54) is 12.1 Å². The van der Waals surface area contributed by atoms with Crippen LogP contribution in [0.25, 0.3) is 27.6 Å². The van der Waals surface area contributed by atoms with E-state index in [9.17, 15) is 19.4 Å². The molecule has 0 saturated heterocycles. The largest absolute Gasteiger partial charge is 0.481 e. The van der Waals surface area contributed by atoms with Crippen molar-refractivity contribution in [2.45, 2.75) is 51.7 Å². The molecule has 0 spiro atoms. The summed E-state index contributed by atoms with van der Waals surface area (Å²) < 4.78 is 13.7. The second-order valence-electron chi connectivity index (χ2n) is 8.53. The number of aryl methyl sites for hydroxylation is 1. The molecule has 4 nitrogen and oxygen atoms in total. The van der Waals surface area contributed by atoms with Crippen molar-refractivity contribution < 1.29 is 24.5 Å². The van der Waals surface area contributed by atoms with E-state index in [1.54, 1.807) is 29.5 Å². The Kier molecular flexibility index (Phi) is 8.19. The first-order valence-electron chi connectivity index (χ1n) is 10.9. The van der Waals surface area contributed by atoms with Gasteiger partial charge in [-0.05, 0) is 41.7 Å². The Morgan fingerprint density at radius 1 is 1.03 bits per heavy atom. The number of carboxylic acid groups (broad SMARTS) is 1. The molecule has 0 radical (unpaired) electrons. The predicted octanol–water partition coefficient (Wildman–Crippen LogP) is 6.25. The zero-order valence-corrected chi connectivity index (χ0v) is 19.8. The first-order chi connectivity index (χ1) is 15.7. The van der Waals surface area contributed by atoms with E-state index >= 15 is 0 Å². The van der Waals surface area contributed by atoms with Crippen molar-refractivity contribution in [1.29, 1.82) is 0 Å². The lowest BCUT2D eigenvalue weighted by Gasteiger charge is -2.12. The van der Waals surface area contributed by atoms with Gasteiger partial charge in [-0.3, -0.25) is 4.79 Å². The molecule has 2 aromatic carbocycles. The van der Waals surface area contributed by atoms with E-state index in [4.69, 9.17) is 5.11 Å². The minimum Gasteiger partial charge on any atom is -0.481 e. The third kappa shape index (κ3) is 6.38. The molecule has 174 valence electrons. The summed E-state index contributed by atoms with van der Waals surface area (Å²) in [4.78, 5) is 13.0. The van der Waals surface area contributed by atoms with Gasteiger partial charge in [-0.2, -0.15) is 0 Å². The fourth-order valence-electron chi connectivity index (χ4n) is 3.72. The lowest BCUT2D eigenvalue weighted by Crippen LogP contribution is -2.19. The number of aliphatic hydroxyl groups excluding tert-OH is 2. The SMILES string of the molecule is Cc1ccc(-c2sc(C(C)C)c(/C=C/[C@@H](O)C[C@@H](O)CC(=O)O)c2-c2ccc(F)cc2)cc1. The highest BCUT2D eigenvalue weighted by Crippen LogP contribution is 2.46. The minimum atomic E-state index is -1.13. The topological polar surface area (TPSA) is 77.8 Å². The Labute approximate surface area is 197 Å². The van der Waals surface area contributed by atoms with Gasteiger partial charge in [0.15, 0.2) is 0 Å². The first-order valence-corrected chi connectivity index (χ1v) is 11.7. The van der Waals surface area contributed by atoms with Crippen molar-refractivity contribution in [3.63, 3.8) is 0 Å². The molecule has 0 bridgehead atoms. The van der Waals surface area contributed by atoms with Gasteiger partial charge in [0.05, 0.1) is 18.6 Å². The summed E-state index contributed by atoms with van der Waals surface area (Å²) in [5.41, 5.74) is 4.98. The van der Waals surface area contributed by atoms with Crippen LogP contribution in [0, 0.1) is 12.7 Å². The van der Waals surface area contributed by atoms with E-state index in [1.807, 2.05) is 13.0 Å². The summed E-state index contributed by atoms with van der Waals surface area (Å²) in [6.07, 6.45) is 0.808. The summed E-state index contributed by atoms with van der Waals surface area (Å²) in [6.45, 7) is 6.24. The zero-order chi connectivity index (χ0) is 24.1. The number of carboxylic acids is 1. The maximum atomic E-state index is 13.7. The van der Waals surface area contributed by atoms with Crippen LogP contribution >= 0.6 is 11.3 Å².